The summed E-state index contributed by atoms with van der Waals surface area (Å²) in [5.74, 6) is 9.22. The van der Waals surface area contributed by atoms with E-state index >= 15 is 0 Å². The molecule has 0 amide bonds. The van der Waals surface area contributed by atoms with Crippen LogP contribution < -0.4 is 0 Å². The van der Waals surface area contributed by atoms with Gasteiger partial charge in [0.25, 0.3) is 0 Å². The summed E-state index contributed by atoms with van der Waals surface area (Å²) >= 11 is 0. The number of hydrogen-bond donors (Lipinski definition) is 0. The lowest BCUT2D eigenvalue weighted by Gasteiger charge is -1.95. The van der Waals surface area contributed by atoms with Gasteiger partial charge in [0.05, 0.1) is 12.5 Å². The fourth-order valence-electron chi connectivity index (χ4n) is 5.06. The van der Waals surface area contributed by atoms with E-state index < -0.39 is 0 Å². The SMILES string of the molecule is c1coc(-c2ccc(-c3ccc(-c4ccc(-c5ccc(-c6ccc(-c7ccc(-c8ccc(-c9ccco9)o8)o7)o6)o5)o4)o3)o2)c1. The molecule has 9 nitrogen and oxygen atoms in total. The lowest BCUT2D eigenvalue weighted by atomic mass is 10.3. The van der Waals surface area contributed by atoms with E-state index in [1.165, 1.54) is 0 Å². The summed E-state index contributed by atoms with van der Waals surface area (Å²) in [6.45, 7) is 0. The van der Waals surface area contributed by atoms with Crippen molar-refractivity contribution in [1.29, 1.82) is 0 Å². The highest BCUT2D eigenvalue weighted by atomic mass is 16.4. The molecule has 9 aromatic heterocycles. The van der Waals surface area contributed by atoms with Crippen molar-refractivity contribution in [3.63, 3.8) is 0 Å². The first-order chi connectivity index (χ1) is 22.2. The summed E-state index contributed by atoms with van der Waals surface area (Å²) in [7, 11) is 0. The van der Waals surface area contributed by atoms with Gasteiger partial charge in [0.15, 0.2) is 92.2 Å². The van der Waals surface area contributed by atoms with E-state index in [1.54, 1.807) is 12.5 Å². The fourth-order valence-corrected chi connectivity index (χ4v) is 5.06. The molecule has 9 rings (SSSR count). The second-order valence-electron chi connectivity index (χ2n) is 10.1. The van der Waals surface area contributed by atoms with Crippen LogP contribution in [-0.2, 0) is 0 Å². The summed E-state index contributed by atoms with van der Waals surface area (Å²) in [5, 5.41) is 0. The molecule has 0 fully saturated rings. The van der Waals surface area contributed by atoms with Crippen LogP contribution in [0.4, 0.5) is 0 Å². The van der Waals surface area contributed by atoms with Crippen molar-refractivity contribution in [2.45, 2.75) is 0 Å². The zero-order valence-electron chi connectivity index (χ0n) is 23.2. The van der Waals surface area contributed by atoms with Crippen molar-refractivity contribution in [2.75, 3.05) is 0 Å². The largest absolute Gasteiger partial charge is 0.461 e. The summed E-state index contributed by atoms with van der Waals surface area (Å²) in [5.41, 5.74) is 0. The zero-order chi connectivity index (χ0) is 29.7. The predicted molar refractivity (Wildman–Crippen MR) is 160 cm³/mol. The molecule has 218 valence electrons. The Labute approximate surface area is 253 Å². The molecular weight excluding hydrogens is 576 g/mol. The van der Waals surface area contributed by atoms with Crippen molar-refractivity contribution < 1.29 is 39.8 Å². The molecule has 0 N–H and O–H groups in total. The first-order valence-electron chi connectivity index (χ1n) is 14.0. The summed E-state index contributed by atoms with van der Waals surface area (Å²) < 4.78 is 52.9. The average Bonchev–Trinajstić information content (AvgIpc) is 3.94. The molecule has 0 bridgehead atoms. The standard InChI is InChI=1S/C36H20O9/c1-3-21(37-19-1)23-5-7-25(39-23)27-9-11-29(41-27)31-13-15-33(43-31)35-17-18-36(45-35)34-16-14-32(44-34)30-12-10-28(42-30)26-8-6-24(40-26)22-4-2-20-38-22/h1-20H. The van der Waals surface area contributed by atoms with Gasteiger partial charge in [0.2, 0.25) is 0 Å². The second-order valence-corrected chi connectivity index (χ2v) is 10.1. The lowest BCUT2D eigenvalue weighted by molar-refractivity contribution is 0.489. The highest BCUT2D eigenvalue weighted by Crippen LogP contribution is 2.38. The molecular formula is C36H20O9. The smallest absolute Gasteiger partial charge is 0.170 e. The van der Waals surface area contributed by atoms with Gasteiger partial charge in [0, 0.05) is 0 Å². The van der Waals surface area contributed by atoms with Crippen molar-refractivity contribution in [2.24, 2.45) is 0 Å². The summed E-state index contributed by atoms with van der Waals surface area (Å²) in [4.78, 5) is 0. The van der Waals surface area contributed by atoms with Gasteiger partial charge in [0.1, 0.15) is 0 Å². The molecule has 0 saturated carbocycles. The molecule has 9 heteroatoms. The minimum Gasteiger partial charge on any atom is -0.461 e. The van der Waals surface area contributed by atoms with Crippen LogP contribution >= 0.6 is 0 Å². The van der Waals surface area contributed by atoms with Crippen molar-refractivity contribution in [3.8, 4) is 92.2 Å². The van der Waals surface area contributed by atoms with E-state index in [2.05, 4.69) is 0 Å². The van der Waals surface area contributed by atoms with E-state index in [4.69, 9.17) is 39.8 Å². The summed E-state index contributed by atoms with van der Waals surface area (Å²) in [6.07, 6.45) is 3.20. The Morgan fingerprint density at radius 2 is 0.378 bits per heavy atom. The van der Waals surface area contributed by atoms with Crippen LogP contribution in [0.1, 0.15) is 0 Å². The highest BCUT2D eigenvalue weighted by molar-refractivity contribution is 5.67. The molecule has 0 aromatic carbocycles. The van der Waals surface area contributed by atoms with Crippen LogP contribution in [-0.4, -0.2) is 0 Å². The Morgan fingerprint density at radius 3 is 0.533 bits per heavy atom. The van der Waals surface area contributed by atoms with Gasteiger partial charge in [-0.1, -0.05) is 0 Å². The van der Waals surface area contributed by atoms with Crippen LogP contribution in [0, 0.1) is 0 Å². The molecule has 0 saturated heterocycles. The number of furan rings is 9. The monoisotopic (exact) mass is 596 g/mol. The minimum atomic E-state index is 0.542. The molecule has 0 aliphatic rings. The minimum absolute atomic E-state index is 0.542. The van der Waals surface area contributed by atoms with Gasteiger partial charge in [-0.15, -0.1) is 0 Å². The van der Waals surface area contributed by atoms with E-state index in [-0.39, 0.29) is 0 Å². The van der Waals surface area contributed by atoms with Crippen LogP contribution in [0.3, 0.4) is 0 Å². The van der Waals surface area contributed by atoms with Crippen LogP contribution in [0.2, 0.25) is 0 Å². The molecule has 0 atom stereocenters. The van der Waals surface area contributed by atoms with Gasteiger partial charge < -0.3 is 39.8 Å². The van der Waals surface area contributed by atoms with Crippen LogP contribution in [0.25, 0.3) is 92.2 Å². The molecule has 9 aromatic rings. The van der Waals surface area contributed by atoms with E-state index in [1.807, 2.05) is 109 Å². The fraction of sp³-hybridized carbons (Fsp3) is 0. The topological polar surface area (TPSA) is 118 Å². The van der Waals surface area contributed by atoms with E-state index in [0.29, 0.717) is 92.2 Å². The van der Waals surface area contributed by atoms with Gasteiger partial charge in [-0.2, -0.15) is 0 Å². The number of rotatable bonds is 8. The summed E-state index contributed by atoms with van der Waals surface area (Å²) in [6, 6.07) is 32.9. The molecule has 0 spiro atoms. The Hall–Kier alpha value is -6.48. The Kier molecular flexibility index (Phi) is 5.60. The molecule has 0 radical (unpaired) electrons. The number of hydrogen-bond acceptors (Lipinski definition) is 9. The average molecular weight is 597 g/mol. The molecule has 0 aliphatic heterocycles. The zero-order valence-corrected chi connectivity index (χ0v) is 23.2. The maximum atomic E-state index is 6.08. The Bertz CT molecular complexity index is 2170. The molecule has 0 unspecified atom stereocenters. The van der Waals surface area contributed by atoms with Gasteiger partial charge in [-0.25, -0.2) is 0 Å². The predicted octanol–water partition coefficient (Wildman–Crippen LogP) is 11.4. The Balaban J connectivity index is 0.908. The molecule has 9 heterocycles. The van der Waals surface area contributed by atoms with Gasteiger partial charge in [-0.3, -0.25) is 0 Å². The Morgan fingerprint density at radius 1 is 0.200 bits per heavy atom. The van der Waals surface area contributed by atoms with Crippen molar-refractivity contribution >= 4 is 0 Å². The highest BCUT2D eigenvalue weighted by Gasteiger charge is 2.19. The quantitative estimate of drug-likeness (QED) is 0.169. The second kappa shape index (κ2) is 10.1. The van der Waals surface area contributed by atoms with Crippen LogP contribution in [0.15, 0.2) is 161 Å². The van der Waals surface area contributed by atoms with Gasteiger partial charge >= 0.3 is 0 Å². The normalized spacial score (nSPS) is 11.6. The van der Waals surface area contributed by atoms with Crippen molar-refractivity contribution in [3.05, 3.63) is 122 Å². The lowest BCUT2D eigenvalue weighted by Crippen LogP contribution is -1.69. The van der Waals surface area contributed by atoms with E-state index in [9.17, 15) is 0 Å². The van der Waals surface area contributed by atoms with E-state index in [0.717, 1.165) is 0 Å². The maximum Gasteiger partial charge on any atom is 0.170 e. The maximum absolute atomic E-state index is 6.08. The van der Waals surface area contributed by atoms with Gasteiger partial charge in [-0.05, 0) is 109 Å². The third kappa shape index (κ3) is 4.50. The van der Waals surface area contributed by atoms with Crippen LogP contribution in [0.5, 0.6) is 0 Å². The third-order valence-electron chi connectivity index (χ3n) is 7.23. The first-order valence-corrected chi connectivity index (χ1v) is 14.0. The molecule has 0 aliphatic carbocycles. The third-order valence-corrected chi connectivity index (χ3v) is 7.23. The first kappa shape index (κ1) is 25.1. The molecule has 45 heavy (non-hydrogen) atoms. The van der Waals surface area contributed by atoms with Crippen molar-refractivity contribution in [1.82, 2.24) is 0 Å².